The van der Waals surface area contributed by atoms with Gasteiger partial charge in [0.1, 0.15) is 6.79 Å². The molecule has 0 aromatic heterocycles. The Labute approximate surface area is 181 Å². The highest BCUT2D eigenvalue weighted by atomic mass is 16.7. The summed E-state index contributed by atoms with van der Waals surface area (Å²) in [7, 11) is 1.65. The fourth-order valence-corrected chi connectivity index (χ4v) is 3.03. The molecule has 0 aromatic carbocycles. The van der Waals surface area contributed by atoms with Crippen molar-refractivity contribution < 1.29 is 9.47 Å². The number of rotatable bonds is 17. The average molecular weight is 403 g/mol. The molecule has 29 heavy (non-hydrogen) atoms. The van der Waals surface area contributed by atoms with Crippen LogP contribution in [0.4, 0.5) is 0 Å². The van der Waals surface area contributed by atoms with Crippen molar-refractivity contribution in [3.8, 4) is 0 Å². The van der Waals surface area contributed by atoms with Crippen LogP contribution < -0.4 is 0 Å². The van der Waals surface area contributed by atoms with Crippen molar-refractivity contribution in [3.05, 3.63) is 59.8 Å². The zero-order valence-electron chi connectivity index (χ0n) is 20.1. The maximum Gasteiger partial charge on any atom is 0.147 e. The normalized spacial score (nSPS) is 14.8. The van der Waals surface area contributed by atoms with Gasteiger partial charge in [0, 0.05) is 7.11 Å². The zero-order chi connectivity index (χ0) is 22.0. The fourth-order valence-electron chi connectivity index (χ4n) is 3.03. The van der Waals surface area contributed by atoms with Crippen LogP contribution in [0.15, 0.2) is 59.8 Å². The Morgan fingerprint density at radius 1 is 0.828 bits per heavy atom. The molecule has 2 nitrogen and oxygen atoms in total. The first kappa shape index (κ1) is 27.6. The third kappa shape index (κ3) is 17.2. The maximum atomic E-state index is 5.72. The molecule has 0 amide bonds. The first-order valence-electron chi connectivity index (χ1n) is 11.2. The molecule has 0 rings (SSSR count). The minimum absolute atomic E-state index is 0.294. The minimum atomic E-state index is -0.294. The van der Waals surface area contributed by atoms with E-state index < -0.39 is 0 Å². The number of hydrogen-bond donors (Lipinski definition) is 0. The highest BCUT2D eigenvalue weighted by molar-refractivity contribution is 5.03. The third-order valence-corrected chi connectivity index (χ3v) is 5.09. The van der Waals surface area contributed by atoms with Crippen LogP contribution in [0, 0.1) is 0 Å². The molecule has 0 radical (unpaired) electrons. The lowest BCUT2D eigenvalue weighted by molar-refractivity contribution is -0.103. The van der Waals surface area contributed by atoms with Gasteiger partial charge in [-0.1, -0.05) is 53.2 Å². The summed E-state index contributed by atoms with van der Waals surface area (Å²) in [6.07, 6.45) is 23.7. The molecule has 1 atom stereocenters. The third-order valence-electron chi connectivity index (χ3n) is 5.09. The Morgan fingerprint density at radius 3 is 1.93 bits per heavy atom. The Hall–Kier alpha value is -1.38. The van der Waals surface area contributed by atoms with E-state index in [0.717, 1.165) is 44.9 Å². The number of allylic oxidation sites excluding steroid dienone is 8. The van der Waals surface area contributed by atoms with Gasteiger partial charge in [-0.2, -0.15) is 0 Å². The predicted molar refractivity (Wildman–Crippen MR) is 129 cm³/mol. The summed E-state index contributed by atoms with van der Waals surface area (Å²) in [6.45, 7) is 15.1. The molecule has 0 saturated heterocycles. The summed E-state index contributed by atoms with van der Waals surface area (Å²) >= 11 is 0. The molecular weight excluding hydrogens is 356 g/mol. The molecule has 0 aliphatic carbocycles. The topological polar surface area (TPSA) is 18.5 Å². The molecule has 0 aliphatic heterocycles. The summed E-state index contributed by atoms with van der Waals surface area (Å²) in [4.78, 5) is 0. The molecule has 0 fully saturated rings. The van der Waals surface area contributed by atoms with Crippen molar-refractivity contribution >= 4 is 0 Å². The summed E-state index contributed by atoms with van der Waals surface area (Å²) < 4.78 is 10.7. The van der Waals surface area contributed by atoms with Crippen LogP contribution in [0.5, 0.6) is 0 Å². The van der Waals surface area contributed by atoms with Crippen LogP contribution in [-0.4, -0.2) is 19.5 Å². The van der Waals surface area contributed by atoms with Gasteiger partial charge >= 0.3 is 0 Å². The van der Waals surface area contributed by atoms with Crippen LogP contribution >= 0.6 is 0 Å². The second-order valence-corrected chi connectivity index (χ2v) is 8.47. The lowest BCUT2D eigenvalue weighted by Gasteiger charge is -2.25. The Kier molecular flexibility index (Phi) is 16.6. The second-order valence-electron chi connectivity index (χ2n) is 8.47. The average Bonchev–Trinajstić information content (AvgIpc) is 2.68. The molecule has 1 unspecified atom stereocenters. The van der Waals surface area contributed by atoms with Gasteiger partial charge in [-0.3, -0.25) is 0 Å². The summed E-state index contributed by atoms with van der Waals surface area (Å²) in [6, 6.07) is 0. The fraction of sp³-hybridized carbons (Fsp3) is 0.630. The number of unbranched alkanes of at least 4 members (excludes halogenated alkanes) is 2. The van der Waals surface area contributed by atoms with Crippen molar-refractivity contribution in [2.24, 2.45) is 0 Å². The predicted octanol–water partition coefficient (Wildman–Crippen LogP) is 8.48. The van der Waals surface area contributed by atoms with Crippen molar-refractivity contribution in [1.82, 2.24) is 0 Å². The van der Waals surface area contributed by atoms with Gasteiger partial charge in [-0.25, -0.2) is 0 Å². The van der Waals surface area contributed by atoms with Gasteiger partial charge in [0.25, 0.3) is 0 Å². The molecular formula is C27H46O2. The minimum Gasteiger partial charge on any atom is -0.359 e. The molecule has 0 N–H and O–H groups in total. The van der Waals surface area contributed by atoms with E-state index in [1.807, 2.05) is 6.08 Å². The van der Waals surface area contributed by atoms with Crippen LogP contribution in [-0.2, 0) is 9.47 Å². The lowest BCUT2D eigenvalue weighted by atomic mass is 9.97. The van der Waals surface area contributed by atoms with Crippen molar-refractivity contribution in [2.45, 2.75) is 98.0 Å². The molecule has 0 bridgehead atoms. The monoisotopic (exact) mass is 402 g/mol. The van der Waals surface area contributed by atoms with Crippen molar-refractivity contribution in [3.63, 3.8) is 0 Å². The van der Waals surface area contributed by atoms with Crippen LogP contribution in [0.2, 0.25) is 0 Å². The van der Waals surface area contributed by atoms with Gasteiger partial charge in [0.15, 0.2) is 0 Å². The van der Waals surface area contributed by atoms with E-state index in [0.29, 0.717) is 6.79 Å². The molecule has 166 valence electrons. The van der Waals surface area contributed by atoms with Gasteiger partial charge in [-0.05, 0) is 92.4 Å². The second kappa shape index (κ2) is 17.5. The van der Waals surface area contributed by atoms with Crippen LogP contribution in [0.3, 0.4) is 0 Å². The van der Waals surface area contributed by atoms with E-state index in [1.54, 1.807) is 7.11 Å². The molecule has 2 heteroatoms. The molecule has 0 aromatic rings. The van der Waals surface area contributed by atoms with E-state index in [4.69, 9.17) is 9.47 Å². The van der Waals surface area contributed by atoms with Gasteiger partial charge in [0.2, 0.25) is 0 Å². The van der Waals surface area contributed by atoms with Crippen molar-refractivity contribution in [1.29, 1.82) is 0 Å². The number of ether oxygens (including phenoxy) is 2. The standard InChI is InChI=1S/C27H46O2/c1-8-27(6,29-23-28-7)22-16-21-26(5)19-14-12-10-9-11-13-18-25(4)20-15-17-24(2)3/h8-10,17-19H,1,11-16,20-23H2,2-7H3/b10-9+,25-18+,26-19+. The lowest BCUT2D eigenvalue weighted by Crippen LogP contribution is -2.26. The maximum absolute atomic E-state index is 5.72. The number of methoxy groups -OCH3 is 1. The summed E-state index contributed by atoms with van der Waals surface area (Å²) in [5, 5.41) is 0. The van der Waals surface area contributed by atoms with E-state index in [1.165, 1.54) is 29.6 Å². The van der Waals surface area contributed by atoms with Crippen LogP contribution in [0.25, 0.3) is 0 Å². The number of hydrogen-bond acceptors (Lipinski definition) is 2. The van der Waals surface area contributed by atoms with Gasteiger partial charge < -0.3 is 9.47 Å². The Morgan fingerprint density at radius 2 is 1.41 bits per heavy atom. The van der Waals surface area contributed by atoms with E-state index in [-0.39, 0.29) is 5.60 Å². The molecule has 0 heterocycles. The Bertz CT molecular complexity index is 547. The first-order valence-corrected chi connectivity index (χ1v) is 11.2. The smallest absolute Gasteiger partial charge is 0.147 e. The quantitative estimate of drug-likeness (QED) is 0.138. The summed E-state index contributed by atoms with van der Waals surface area (Å²) in [5.74, 6) is 0. The molecule has 0 saturated carbocycles. The zero-order valence-corrected chi connectivity index (χ0v) is 20.1. The summed E-state index contributed by atoms with van der Waals surface area (Å²) in [5.41, 5.74) is 4.09. The van der Waals surface area contributed by atoms with Gasteiger partial charge in [0.05, 0.1) is 5.60 Å². The molecule has 0 aliphatic rings. The SMILES string of the molecule is C=CC(C)(CCC/C(C)=C/CC/C=C/CC/C=C(\C)CCC=C(C)C)OCOC. The Balaban J connectivity index is 3.92. The van der Waals surface area contributed by atoms with Crippen molar-refractivity contribution in [2.75, 3.05) is 13.9 Å². The van der Waals surface area contributed by atoms with E-state index in [9.17, 15) is 0 Å². The van der Waals surface area contributed by atoms with Gasteiger partial charge in [-0.15, -0.1) is 6.58 Å². The highest BCUT2D eigenvalue weighted by Crippen LogP contribution is 2.22. The largest absolute Gasteiger partial charge is 0.359 e. The first-order chi connectivity index (χ1) is 13.8. The van der Waals surface area contributed by atoms with E-state index in [2.05, 4.69) is 71.6 Å². The van der Waals surface area contributed by atoms with E-state index >= 15 is 0 Å². The van der Waals surface area contributed by atoms with Crippen LogP contribution in [0.1, 0.15) is 92.4 Å². The molecule has 0 spiro atoms. The highest BCUT2D eigenvalue weighted by Gasteiger charge is 2.20.